The third-order valence-electron chi connectivity index (χ3n) is 2.35. The summed E-state index contributed by atoms with van der Waals surface area (Å²) >= 11 is 0. The van der Waals surface area contributed by atoms with Crippen molar-refractivity contribution in [2.75, 3.05) is 20.2 Å². The maximum absolute atomic E-state index is 11.4. The van der Waals surface area contributed by atoms with Crippen LogP contribution in [0.25, 0.3) is 0 Å². The van der Waals surface area contributed by atoms with Gasteiger partial charge in [-0.2, -0.15) is 5.16 Å². The molecule has 1 aromatic rings. The molecular weight excluding hydrogens is 224 g/mol. The van der Waals surface area contributed by atoms with Gasteiger partial charge in [0, 0.05) is 25.6 Å². The summed E-state index contributed by atoms with van der Waals surface area (Å²) < 4.78 is 9.60. The predicted octanol–water partition coefficient (Wildman–Crippen LogP) is 1.38. The van der Waals surface area contributed by atoms with E-state index in [1.165, 1.54) is 13.2 Å². The van der Waals surface area contributed by atoms with Gasteiger partial charge in [0.2, 0.25) is 0 Å². The minimum absolute atomic E-state index is 0.238. The van der Waals surface area contributed by atoms with Crippen LogP contribution in [0.2, 0.25) is 0 Å². The summed E-state index contributed by atoms with van der Waals surface area (Å²) in [6, 6.07) is 1.42. The molecule has 0 atom stereocenters. The maximum Gasteiger partial charge on any atom is 0.409 e. The number of nitrogens with one attached hydrogen (secondary N) is 1. The standard InChI is InChI=1S/C11H18N2O4/c1-3-6-13(11(15)16-2)7-4-5-9-8-10(14)12-17-9/h8H,3-7H2,1-2H3,(H,12,14). The van der Waals surface area contributed by atoms with E-state index < -0.39 is 0 Å². The topological polar surface area (TPSA) is 75.5 Å². The number of rotatable bonds is 6. The first-order valence-corrected chi connectivity index (χ1v) is 5.67. The second kappa shape index (κ2) is 6.78. The summed E-state index contributed by atoms with van der Waals surface area (Å²) in [5.41, 5.74) is -0.238. The van der Waals surface area contributed by atoms with Gasteiger partial charge in [0.25, 0.3) is 5.56 Å². The average molecular weight is 242 g/mol. The summed E-state index contributed by atoms with van der Waals surface area (Å²) in [4.78, 5) is 23.8. The predicted molar refractivity (Wildman–Crippen MR) is 61.9 cm³/mol. The second-order valence-corrected chi connectivity index (χ2v) is 3.74. The average Bonchev–Trinajstić information content (AvgIpc) is 2.73. The van der Waals surface area contributed by atoms with Crippen molar-refractivity contribution >= 4 is 6.09 Å². The van der Waals surface area contributed by atoms with E-state index in [0.29, 0.717) is 25.3 Å². The number of carbonyl (C=O) groups is 1. The molecule has 0 aliphatic heterocycles. The van der Waals surface area contributed by atoms with Crippen LogP contribution in [0.1, 0.15) is 25.5 Å². The summed E-state index contributed by atoms with van der Waals surface area (Å²) in [6.07, 6.45) is 1.92. The van der Waals surface area contributed by atoms with Gasteiger partial charge in [-0.1, -0.05) is 6.92 Å². The third-order valence-corrected chi connectivity index (χ3v) is 2.35. The molecule has 0 fully saturated rings. The highest BCUT2D eigenvalue weighted by Crippen LogP contribution is 2.02. The van der Waals surface area contributed by atoms with Gasteiger partial charge in [0.05, 0.1) is 7.11 Å². The number of H-pyrrole nitrogens is 1. The Kier molecular flexibility index (Phi) is 5.32. The van der Waals surface area contributed by atoms with Crippen LogP contribution in [0.15, 0.2) is 15.4 Å². The highest BCUT2D eigenvalue weighted by Gasteiger charge is 2.12. The number of methoxy groups -OCH3 is 1. The first-order valence-electron chi connectivity index (χ1n) is 5.67. The molecule has 6 nitrogen and oxygen atoms in total. The Labute approximate surface area is 99.5 Å². The highest BCUT2D eigenvalue weighted by molar-refractivity contribution is 5.67. The van der Waals surface area contributed by atoms with Gasteiger partial charge >= 0.3 is 6.09 Å². The number of hydrogen-bond donors (Lipinski definition) is 1. The van der Waals surface area contributed by atoms with Crippen molar-refractivity contribution in [2.45, 2.75) is 26.2 Å². The van der Waals surface area contributed by atoms with E-state index in [1.54, 1.807) is 4.90 Å². The highest BCUT2D eigenvalue weighted by atomic mass is 16.5. The zero-order valence-electron chi connectivity index (χ0n) is 10.2. The second-order valence-electron chi connectivity index (χ2n) is 3.74. The maximum atomic E-state index is 11.4. The number of aryl methyl sites for hydroxylation is 1. The largest absolute Gasteiger partial charge is 0.453 e. The molecule has 17 heavy (non-hydrogen) atoms. The molecule has 1 aromatic heterocycles. The number of amides is 1. The van der Waals surface area contributed by atoms with E-state index in [1.807, 2.05) is 6.92 Å². The number of aromatic nitrogens is 1. The van der Waals surface area contributed by atoms with Gasteiger partial charge in [-0.25, -0.2) is 4.79 Å². The molecule has 1 heterocycles. The Bertz CT molecular complexity index is 396. The lowest BCUT2D eigenvalue weighted by atomic mass is 10.2. The van der Waals surface area contributed by atoms with Gasteiger partial charge < -0.3 is 14.2 Å². The van der Waals surface area contributed by atoms with E-state index >= 15 is 0 Å². The number of hydrogen-bond acceptors (Lipinski definition) is 4. The molecule has 0 saturated heterocycles. The first kappa shape index (κ1) is 13.3. The normalized spacial score (nSPS) is 10.2. The summed E-state index contributed by atoms with van der Waals surface area (Å²) in [6.45, 7) is 3.26. The van der Waals surface area contributed by atoms with Crippen LogP contribution >= 0.6 is 0 Å². The van der Waals surface area contributed by atoms with Crippen molar-refractivity contribution in [1.82, 2.24) is 10.1 Å². The lowest BCUT2D eigenvalue weighted by Gasteiger charge is -2.19. The molecular formula is C11H18N2O4. The Hall–Kier alpha value is -1.72. The molecule has 0 bridgehead atoms. The summed E-state index contributed by atoms with van der Waals surface area (Å²) in [5.74, 6) is 0.608. The van der Waals surface area contributed by atoms with Crippen LogP contribution in [0, 0.1) is 0 Å². The quantitative estimate of drug-likeness (QED) is 0.817. The molecule has 96 valence electrons. The molecule has 1 rings (SSSR count). The van der Waals surface area contributed by atoms with Crippen LogP contribution in [0.4, 0.5) is 4.79 Å². The molecule has 0 radical (unpaired) electrons. The SMILES string of the molecule is CCCN(CCCc1cc(=O)[nH]o1)C(=O)OC. The van der Waals surface area contributed by atoms with E-state index in [4.69, 9.17) is 4.52 Å². The number of ether oxygens (including phenoxy) is 1. The zero-order chi connectivity index (χ0) is 12.7. The molecule has 0 saturated carbocycles. The smallest absolute Gasteiger partial charge is 0.409 e. The van der Waals surface area contributed by atoms with E-state index in [9.17, 15) is 9.59 Å². The number of nitrogens with zero attached hydrogens (tertiary/aromatic N) is 1. The molecule has 0 spiro atoms. The molecule has 0 aliphatic carbocycles. The van der Waals surface area contributed by atoms with E-state index in [0.717, 1.165) is 12.8 Å². The van der Waals surface area contributed by atoms with Crippen molar-refractivity contribution in [3.63, 3.8) is 0 Å². The third kappa shape index (κ3) is 4.34. The molecule has 0 aliphatic rings. The van der Waals surface area contributed by atoms with Gasteiger partial charge in [-0.3, -0.25) is 4.79 Å². The fourth-order valence-electron chi connectivity index (χ4n) is 1.58. The van der Waals surface area contributed by atoms with Gasteiger partial charge in [-0.05, 0) is 12.8 Å². The Morgan fingerprint density at radius 3 is 2.82 bits per heavy atom. The van der Waals surface area contributed by atoms with Crippen LogP contribution in [0.3, 0.4) is 0 Å². The number of aromatic amines is 1. The molecule has 1 N–H and O–H groups in total. The van der Waals surface area contributed by atoms with Crippen molar-refractivity contribution in [3.05, 3.63) is 22.2 Å². The first-order chi connectivity index (χ1) is 8.17. The fraction of sp³-hybridized carbons (Fsp3) is 0.636. The van der Waals surface area contributed by atoms with Crippen molar-refractivity contribution in [1.29, 1.82) is 0 Å². The summed E-state index contributed by atoms with van der Waals surface area (Å²) in [5, 5.41) is 2.23. The number of carbonyl (C=O) groups excluding carboxylic acids is 1. The van der Waals surface area contributed by atoms with Crippen LogP contribution in [-0.2, 0) is 11.2 Å². The zero-order valence-corrected chi connectivity index (χ0v) is 10.2. The molecule has 1 amide bonds. The molecule has 6 heteroatoms. The van der Waals surface area contributed by atoms with Crippen LogP contribution in [-0.4, -0.2) is 36.3 Å². The van der Waals surface area contributed by atoms with Crippen LogP contribution < -0.4 is 5.56 Å². The van der Waals surface area contributed by atoms with Gasteiger partial charge in [-0.15, -0.1) is 0 Å². The Morgan fingerprint density at radius 2 is 2.29 bits per heavy atom. The van der Waals surface area contributed by atoms with E-state index in [2.05, 4.69) is 9.89 Å². The van der Waals surface area contributed by atoms with Crippen molar-refractivity contribution in [2.24, 2.45) is 0 Å². The minimum Gasteiger partial charge on any atom is -0.453 e. The van der Waals surface area contributed by atoms with E-state index in [-0.39, 0.29) is 11.7 Å². The van der Waals surface area contributed by atoms with Crippen molar-refractivity contribution in [3.8, 4) is 0 Å². The molecule has 0 unspecified atom stereocenters. The van der Waals surface area contributed by atoms with Gasteiger partial charge in [0.15, 0.2) is 0 Å². The Morgan fingerprint density at radius 1 is 1.53 bits per heavy atom. The monoisotopic (exact) mass is 242 g/mol. The Balaban J connectivity index is 2.36. The lowest BCUT2D eigenvalue weighted by Crippen LogP contribution is -2.32. The van der Waals surface area contributed by atoms with Crippen LogP contribution in [0.5, 0.6) is 0 Å². The van der Waals surface area contributed by atoms with Gasteiger partial charge in [0.1, 0.15) is 5.76 Å². The minimum atomic E-state index is -0.317. The lowest BCUT2D eigenvalue weighted by molar-refractivity contribution is 0.122. The van der Waals surface area contributed by atoms with Crippen molar-refractivity contribution < 1.29 is 14.1 Å². The summed E-state index contributed by atoms with van der Waals surface area (Å²) in [7, 11) is 1.37. The molecule has 0 aromatic carbocycles. The fourth-order valence-corrected chi connectivity index (χ4v) is 1.58.